The Balaban J connectivity index is 0.000000195. The summed E-state index contributed by atoms with van der Waals surface area (Å²) in [5.74, 6) is 3.19. The van der Waals surface area contributed by atoms with Crippen LogP contribution < -0.4 is 9.47 Å². The van der Waals surface area contributed by atoms with Gasteiger partial charge in [-0.3, -0.25) is 0 Å². The normalized spacial score (nSPS) is 18.1. The summed E-state index contributed by atoms with van der Waals surface area (Å²) in [6.07, 6.45) is -0.423. The number of thioether (sulfide) groups is 2. The van der Waals surface area contributed by atoms with Gasteiger partial charge in [-0.05, 0) is 188 Å². The molecule has 0 saturated carbocycles. The van der Waals surface area contributed by atoms with Crippen LogP contribution in [0.2, 0.25) is 0 Å². The maximum Gasteiger partial charge on any atom is 0.293 e. The molecule has 0 saturated heterocycles. The van der Waals surface area contributed by atoms with Crippen LogP contribution >= 0.6 is 77.6 Å². The number of fused-ring (bicyclic) bond motifs is 2. The third-order valence-corrected chi connectivity index (χ3v) is 11.3. The van der Waals surface area contributed by atoms with Crippen LogP contribution in [0, 0.1) is 13.8 Å². The summed E-state index contributed by atoms with van der Waals surface area (Å²) in [7, 11) is 0. The van der Waals surface area contributed by atoms with Crippen molar-refractivity contribution >= 4 is 101 Å². The smallest absolute Gasteiger partial charge is 0.293 e. The van der Waals surface area contributed by atoms with Crippen LogP contribution in [0.1, 0.15) is 56.1 Å². The van der Waals surface area contributed by atoms with Crippen LogP contribution in [0.4, 0.5) is 0 Å². The Morgan fingerprint density at radius 3 is 1.27 bits per heavy atom. The zero-order valence-electron chi connectivity index (χ0n) is 31.8. The zero-order valence-corrected chi connectivity index (χ0v) is 39.2. The molecule has 14 heteroatoms. The van der Waals surface area contributed by atoms with Gasteiger partial charge in [-0.25, -0.2) is 0 Å². The van der Waals surface area contributed by atoms with Crippen LogP contribution in [0.5, 0.6) is 34.5 Å². The van der Waals surface area contributed by atoms with Gasteiger partial charge in [0.2, 0.25) is 0 Å². The van der Waals surface area contributed by atoms with Gasteiger partial charge in [-0.15, -0.1) is 23.5 Å². The Labute approximate surface area is 378 Å². The molecule has 0 bridgehead atoms. The number of phenolic OH excluding ortho intramolecular Hbond substituents is 4. The van der Waals surface area contributed by atoms with Gasteiger partial charge in [-0.2, -0.15) is 0 Å². The molecule has 6 nitrogen and oxygen atoms in total. The van der Waals surface area contributed by atoms with E-state index >= 15 is 0 Å². The molecule has 0 unspecified atom stereocenters. The molecule has 0 fully saturated rings. The van der Waals surface area contributed by atoms with E-state index in [4.69, 9.17) is 12.3 Å². The SMILES string of the molecule is S=PI.S=PI.[3H]Oc1cccc([C@@H]2Sc3cc(C)ccc3O[C@@H]2c2ccc(O)cc2)c1.[3H]Oc1cccc([C@H]2Sc3cc(C)ccc3O[C@H]2c2ccc(O)cc2)c1. The van der Waals surface area contributed by atoms with Crippen molar-refractivity contribution in [3.8, 4) is 34.5 Å². The number of hydrogen-bond acceptors (Lipinski definition) is 10. The van der Waals surface area contributed by atoms with Gasteiger partial charge in [0, 0.05) is 10.00 Å². The summed E-state index contributed by atoms with van der Waals surface area (Å²) >= 11 is 16.3. The van der Waals surface area contributed by atoms with E-state index in [0.29, 0.717) is 11.5 Å². The lowest BCUT2D eigenvalue weighted by molar-refractivity contribution is 0.190. The van der Waals surface area contributed by atoms with Crippen molar-refractivity contribution in [1.29, 1.82) is 2.86 Å². The highest BCUT2D eigenvalue weighted by molar-refractivity contribution is 14.2. The third-order valence-electron chi connectivity index (χ3n) is 8.58. The van der Waals surface area contributed by atoms with E-state index in [9.17, 15) is 10.2 Å². The van der Waals surface area contributed by atoms with E-state index in [0.717, 1.165) is 53.5 Å². The Bertz CT molecular complexity index is 2140. The molecule has 2 aliphatic rings. The van der Waals surface area contributed by atoms with Gasteiger partial charge in [0.1, 0.15) is 46.7 Å². The first-order chi connectivity index (χ1) is 28.1. The molecule has 6 aromatic rings. The second-order valence-corrected chi connectivity index (χ2v) is 23.1. The lowest BCUT2D eigenvalue weighted by atomic mass is 10.00. The molecule has 0 amide bonds. The highest BCUT2D eigenvalue weighted by Crippen LogP contribution is 2.55. The first-order valence-electron chi connectivity index (χ1n) is 17.7. The Morgan fingerprint density at radius 1 is 0.536 bits per heavy atom. The molecule has 4 N–H and O–H groups in total. The first-order valence-corrected chi connectivity index (χ1v) is 28.0. The van der Waals surface area contributed by atoms with Gasteiger partial charge in [0.05, 0.1) is 20.3 Å². The highest BCUT2D eigenvalue weighted by Gasteiger charge is 2.35. The van der Waals surface area contributed by atoms with Gasteiger partial charge in [0.25, 0.3) is 2.86 Å². The Hall–Kier alpha value is -2.68. The van der Waals surface area contributed by atoms with Crippen LogP contribution in [-0.2, 0) is 23.6 Å². The van der Waals surface area contributed by atoms with Gasteiger partial charge >= 0.3 is 0 Å². The number of hydrogen-bond donors (Lipinski definition) is 4. The molecule has 6 aromatic carbocycles. The fourth-order valence-electron chi connectivity index (χ4n) is 6.09. The van der Waals surface area contributed by atoms with E-state index in [1.165, 1.54) is 11.1 Å². The van der Waals surface area contributed by atoms with Gasteiger partial charge < -0.3 is 29.9 Å². The summed E-state index contributed by atoms with van der Waals surface area (Å²) in [5.41, 5.74) is 6.41. The van der Waals surface area contributed by atoms with E-state index in [1.807, 2.05) is 84.9 Å². The summed E-state index contributed by atoms with van der Waals surface area (Å²) in [6.45, 7) is 4.13. The standard InChI is InChI=1S/2C21H18O3S.2IPS/c2*1-13-5-10-18-19(11-13)25-21(15-3-2-4-17(23)12-15)20(24-18)14-6-8-16(22)9-7-14;2*1-2-3/h2*2-12,20-23H,1H3;;/t2*20-,21+;;/m10../s1/i/hT2. The summed E-state index contributed by atoms with van der Waals surface area (Å²) in [6, 6.07) is 41.7. The highest BCUT2D eigenvalue weighted by atomic mass is 127. The van der Waals surface area contributed by atoms with E-state index in [2.05, 4.69) is 104 Å². The number of halogens is 2. The number of benzene rings is 6. The maximum atomic E-state index is 9.61. The fraction of sp³-hybridized carbons (Fsp3) is 0.143. The van der Waals surface area contributed by atoms with Crippen LogP contribution in [0.15, 0.2) is 143 Å². The molecule has 8 rings (SSSR count). The molecule has 0 aromatic heterocycles. The Kier molecular flexibility index (Phi) is 16.2. The molecular formula is C42H36I2O6P2S4. The van der Waals surface area contributed by atoms with E-state index < -0.39 is 0 Å². The minimum absolute atomic E-state index is 0.00365. The first kappa shape index (κ1) is 41.5. The predicted molar refractivity (Wildman–Crippen MR) is 255 cm³/mol. The summed E-state index contributed by atoms with van der Waals surface area (Å²) in [5, 5.41) is 28.5. The number of phenols is 4. The van der Waals surface area contributed by atoms with E-state index in [1.54, 1.807) is 59.9 Å². The van der Waals surface area contributed by atoms with Crippen molar-refractivity contribution in [2.75, 3.05) is 0 Å². The quantitative estimate of drug-likeness (QED) is 0.0953. The monoisotopic (exact) mass is 1080 g/mol. The lowest BCUT2D eigenvalue weighted by Gasteiger charge is -2.34. The zero-order chi connectivity index (χ0) is 41.6. The average Bonchev–Trinajstić information content (AvgIpc) is 3.24. The largest absolute Gasteiger partial charge is 0.508 e. The number of rotatable bonds is 6. The lowest BCUT2D eigenvalue weighted by Crippen LogP contribution is -2.19. The van der Waals surface area contributed by atoms with Crippen LogP contribution in [0.3, 0.4) is 0 Å². The molecule has 2 aliphatic heterocycles. The molecule has 4 atom stereocenters. The number of aryl methyl sites for hydroxylation is 2. The van der Waals surface area contributed by atoms with Gasteiger partial charge in [-0.1, -0.05) is 60.7 Å². The second kappa shape index (κ2) is 21.9. The molecular weight excluding hydrogens is 1040 g/mol. The van der Waals surface area contributed by atoms with Gasteiger partial charge in [0.15, 0.2) is 0 Å². The Morgan fingerprint density at radius 2 is 0.911 bits per heavy atom. The summed E-state index contributed by atoms with van der Waals surface area (Å²) < 4.78 is 27.1. The van der Waals surface area contributed by atoms with Crippen molar-refractivity contribution in [3.05, 3.63) is 167 Å². The average molecular weight is 1080 g/mol. The van der Waals surface area contributed by atoms with Crippen molar-refractivity contribution < 1.29 is 29.9 Å². The summed E-state index contributed by atoms with van der Waals surface area (Å²) in [4.78, 5) is 4.14. The molecule has 0 spiro atoms. The predicted octanol–water partition coefficient (Wildman–Crippen LogP) is 14.2. The van der Waals surface area contributed by atoms with Crippen LogP contribution in [0.25, 0.3) is 0 Å². The van der Waals surface area contributed by atoms with Crippen molar-refractivity contribution in [2.45, 2.75) is 46.3 Å². The molecule has 0 aliphatic carbocycles. The van der Waals surface area contributed by atoms with E-state index in [-0.39, 0.29) is 34.2 Å². The van der Waals surface area contributed by atoms with Crippen molar-refractivity contribution in [3.63, 3.8) is 0 Å². The van der Waals surface area contributed by atoms with Crippen molar-refractivity contribution in [2.24, 2.45) is 0 Å². The minimum Gasteiger partial charge on any atom is -0.508 e. The third kappa shape index (κ3) is 12.2. The molecule has 288 valence electrons. The second-order valence-electron chi connectivity index (χ2n) is 12.5. The number of aromatic hydroxyl groups is 4. The molecule has 2 heterocycles. The molecule has 56 heavy (non-hydrogen) atoms. The minimum atomic E-state index is -0.211. The number of ether oxygens (including phenoxy) is 2. The topological polar surface area (TPSA) is 99.4 Å². The van der Waals surface area contributed by atoms with Crippen molar-refractivity contribution in [1.82, 2.24) is 0 Å². The van der Waals surface area contributed by atoms with Crippen LogP contribution in [-0.4, -0.2) is 23.3 Å². The fourth-order valence-corrected chi connectivity index (χ4v) is 8.84. The maximum absolute atomic E-state index is 9.61. The molecule has 0 radical (unpaired) electrons.